The van der Waals surface area contributed by atoms with Crippen LogP contribution < -0.4 is 5.32 Å². The Hall–Kier alpha value is -2.95. The smallest absolute Gasteiger partial charge is 0.162 e. The number of hydrogen-bond acceptors (Lipinski definition) is 4. The van der Waals surface area contributed by atoms with Crippen molar-refractivity contribution in [2.24, 2.45) is 5.92 Å². The summed E-state index contributed by atoms with van der Waals surface area (Å²) in [6.07, 6.45) is 12.0. The molecule has 0 aliphatic heterocycles. The summed E-state index contributed by atoms with van der Waals surface area (Å²) in [4.78, 5) is 17.1. The zero-order valence-electron chi connectivity index (χ0n) is 21.4. The van der Waals surface area contributed by atoms with Crippen molar-refractivity contribution < 1.29 is 13.9 Å². The maximum atomic E-state index is 14.1. The van der Waals surface area contributed by atoms with Crippen LogP contribution in [0.5, 0.6) is 0 Å². The van der Waals surface area contributed by atoms with Crippen molar-refractivity contribution in [2.45, 2.75) is 70.9 Å². The fourth-order valence-electron chi connectivity index (χ4n) is 4.62. The molecular formula is C30H39FN2O2. The Morgan fingerprint density at radius 2 is 1.83 bits per heavy atom. The number of carbonyl (C=O) groups excluding carboxylic acids is 1. The molecular weight excluding hydrogens is 439 g/mol. The molecule has 1 aromatic carbocycles. The summed E-state index contributed by atoms with van der Waals surface area (Å²) in [6, 6.07) is 12.1. The van der Waals surface area contributed by atoms with E-state index in [-0.39, 0.29) is 18.0 Å². The van der Waals surface area contributed by atoms with Gasteiger partial charge in [-0.2, -0.15) is 0 Å². The third-order valence-electron chi connectivity index (χ3n) is 6.60. The number of nitrogens with one attached hydrogen (secondary N) is 1. The first-order chi connectivity index (χ1) is 16.7. The third-order valence-corrected chi connectivity index (χ3v) is 6.60. The van der Waals surface area contributed by atoms with Gasteiger partial charge in [-0.25, -0.2) is 9.37 Å². The van der Waals surface area contributed by atoms with Gasteiger partial charge in [-0.1, -0.05) is 62.9 Å². The van der Waals surface area contributed by atoms with Crippen LogP contribution in [-0.4, -0.2) is 30.1 Å². The summed E-state index contributed by atoms with van der Waals surface area (Å²) >= 11 is 0. The molecule has 1 saturated carbocycles. The van der Waals surface area contributed by atoms with Gasteiger partial charge in [-0.3, -0.25) is 4.79 Å². The molecule has 1 heterocycles. The van der Waals surface area contributed by atoms with Gasteiger partial charge >= 0.3 is 0 Å². The summed E-state index contributed by atoms with van der Waals surface area (Å²) in [5.74, 6) is 1.96. The van der Waals surface area contributed by atoms with Gasteiger partial charge in [-0.05, 0) is 61.1 Å². The molecule has 1 aliphatic carbocycles. The standard InChI is InChI=1S/C30H39FN2O2/c1-22(19-28(35-4)30(2,3)31)18-27(34)20-24-10-12-25(13-11-24)26-14-15-29(33-21-26)32-17-16-23-8-6-5-7-9-23/h10-15,19,21,23H,1,5-9,16-18,20H2,2-4H3,(H,32,33)/b28-19-. The number of aromatic nitrogens is 1. The molecule has 1 fully saturated rings. The van der Waals surface area contributed by atoms with Crippen LogP contribution in [0.15, 0.2) is 66.6 Å². The average molecular weight is 479 g/mol. The van der Waals surface area contributed by atoms with E-state index in [4.69, 9.17) is 4.74 Å². The number of carbonyl (C=O) groups is 1. The predicted octanol–water partition coefficient (Wildman–Crippen LogP) is 7.47. The van der Waals surface area contributed by atoms with Gasteiger partial charge in [0.2, 0.25) is 0 Å². The zero-order valence-corrected chi connectivity index (χ0v) is 21.4. The van der Waals surface area contributed by atoms with Crippen LogP contribution in [0.4, 0.5) is 10.2 Å². The molecule has 1 aromatic heterocycles. The monoisotopic (exact) mass is 478 g/mol. The van der Waals surface area contributed by atoms with E-state index in [1.165, 1.54) is 65.6 Å². The molecule has 0 radical (unpaired) electrons. The Balaban J connectivity index is 1.48. The van der Waals surface area contributed by atoms with Gasteiger partial charge in [0.1, 0.15) is 17.4 Å². The fraction of sp³-hybridized carbons (Fsp3) is 0.467. The normalized spacial score (nSPS) is 15.0. The molecule has 3 rings (SSSR count). The minimum absolute atomic E-state index is 0.0245. The lowest BCUT2D eigenvalue weighted by molar-refractivity contribution is -0.117. The van der Waals surface area contributed by atoms with E-state index in [0.717, 1.165) is 35.0 Å². The predicted molar refractivity (Wildman–Crippen MR) is 142 cm³/mol. The maximum Gasteiger partial charge on any atom is 0.162 e. The molecule has 4 nitrogen and oxygen atoms in total. The van der Waals surface area contributed by atoms with Gasteiger partial charge in [0.25, 0.3) is 0 Å². The molecule has 0 bridgehead atoms. The minimum atomic E-state index is -1.62. The molecule has 1 N–H and O–H groups in total. The summed E-state index contributed by atoms with van der Waals surface area (Å²) in [5, 5.41) is 3.45. The van der Waals surface area contributed by atoms with Crippen LogP contribution in [0.3, 0.4) is 0 Å². The number of ether oxygens (including phenoxy) is 1. The summed E-state index contributed by atoms with van der Waals surface area (Å²) < 4.78 is 19.2. The molecule has 1 aliphatic rings. The van der Waals surface area contributed by atoms with Crippen LogP contribution in [0, 0.1) is 5.92 Å². The van der Waals surface area contributed by atoms with Crippen molar-refractivity contribution in [1.29, 1.82) is 0 Å². The lowest BCUT2D eigenvalue weighted by Gasteiger charge is -2.21. The number of nitrogens with zero attached hydrogens (tertiary/aromatic N) is 1. The van der Waals surface area contributed by atoms with Gasteiger partial charge in [0.15, 0.2) is 5.67 Å². The number of ketones is 1. The van der Waals surface area contributed by atoms with Crippen LogP contribution in [0.25, 0.3) is 11.1 Å². The molecule has 0 spiro atoms. The van der Waals surface area contributed by atoms with E-state index >= 15 is 0 Å². The molecule has 188 valence electrons. The molecule has 0 amide bonds. The van der Waals surface area contributed by atoms with E-state index in [2.05, 4.69) is 22.9 Å². The first kappa shape index (κ1) is 26.7. The average Bonchev–Trinajstić information content (AvgIpc) is 2.83. The van der Waals surface area contributed by atoms with Gasteiger partial charge < -0.3 is 10.1 Å². The Kier molecular flexibility index (Phi) is 9.64. The first-order valence-corrected chi connectivity index (χ1v) is 12.7. The Morgan fingerprint density at radius 3 is 2.43 bits per heavy atom. The van der Waals surface area contributed by atoms with Crippen molar-refractivity contribution in [3.05, 3.63) is 72.1 Å². The molecule has 0 unspecified atom stereocenters. The second-order valence-corrected chi connectivity index (χ2v) is 10.1. The third kappa shape index (κ3) is 8.65. The van der Waals surface area contributed by atoms with Crippen molar-refractivity contribution in [3.8, 4) is 11.1 Å². The van der Waals surface area contributed by atoms with Crippen molar-refractivity contribution in [1.82, 2.24) is 4.98 Å². The lowest BCUT2D eigenvalue weighted by Crippen LogP contribution is -2.17. The number of pyridine rings is 1. The number of alkyl halides is 1. The van der Waals surface area contributed by atoms with Crippen molar-refractivity contribution in [2.75, 3.05) is 19.0 Å². The molecule has 35 heavy (non-hydrogen) atoms. The maximum absolute atomic E-state index is 14.1. The minimum Gasteiger partial charge on any atom is -0.498 e. The first-order valence-electron chi connectivity index (χ1n) is 12.7. The van der Waals surface area contributed by atoms with Gasteiger partial charge in [0.05, 0.1) is 7.11 Å². The largest absolute Gasteiger partial charge is 0.498 e. The second-order valence-electron chi connectivity index (χ2n) is 10.1. The molecule has 0 saturated heterocycles. The number of hydrogen-bond donors (Lipinski definition) is 1. The van der Waals surface area contributed by atoms with Crippen LogP contribution in [0.1, 0.15) is 64.4 Å². The number of rotatable bonds is 12. The Bertz CT molecular complexity index is 998. The van der Waals surface area contributed by atoms with Crippen LogP contribution >= 0.6 is 0 Å². The van der Waals surface area contributed by atoms with Crippen molar-refractivity contribution in [3.63, 3.8) is 0 Å². The highest BCUT2D eigenvalue weighted by molar-refractivity contribution is 5.83. The second kappa shape index (κ2) is 12.7. The van der Waals surface area contributed by atoms with E-state index in [1.807, 2.05) is 36.5 Å². The Labute approximate surface area is 209 Å². The van der Waals surface area contributed by atoms with Crippen LogP contribution in [0.2, 0.25) is 0 Å². The quantitative estimate of drug-likeness (QED) is 0.254. The van der Waals surface area contributed by atoms with Crippen LogP contribution in [-0.2, 0) is 16.0 Å². The summed E-state index contributed by atoms with van der Waals surface area (Å²) in [6.45, 7) is 7.68. The van der Waals surface area contributed by atoms with Gasteiger partial charge in [-0.15, -0.1) is 0 Å². The number of methoxy groups -OCH3 is 1. The molecule has 2 aromatic rings. The number of Topliss-reactive ketones (excluding diaryl/α,β-unsaturated/α-hetero) is 1. The molecule has 5 heteroatoms. The Morgan fingerprint density at radius 1 is 1.14 bits per heavy atom. The lowest BCUT2D eigenvalue weighted by atomic mass is 9.87. The topological polar surface area (TPSA) is 51.2 Å². The van der Waals surface area contributed by atoms with E-state index < -0.39 is 5.67 Å². The van der Waals surface area contributed by atoms with Crippen molar-refractivity contribution >= 4 is 11.6 Å². The molecule has 0 atom stereocenters. The number of benzene rings is 1. The SMILES string of the molecule is C=C(/C=C(\OC)C(C)(C)F)CC(=O)Cc1ccc(-c2ccc(NCCC3CCCCC3)nc2)cc1. The number of halogens is 1. The highest BCUT2D eigenvalue weighted by Crippen LogP contribution is 2.27. The number of allylic oxidation sites excluding steroid dienone is 3. The van der Waals surface area contributed by atoms with E-state index in [9.17, 15) is 9.18 Å². The zero-order chi connectivity index (χ0) is 25.3. The van der Waals surface area contributed by atoms with E-state index in [0.29, 0.717) is 12.0 Å². The summed E-state index contributed by atoms with van der Waals surface area (Å²) in [7, 11) is 1.42. The summed E-state index contributed by atoms with van der Waals surface area (Å²) in [5.41, 5.74) is 1.95. The van der Waals surface area contributed by atoms with E-state index in [1.54, 1.807) is 0 Å². The highest BCUT2D eigenvalue weighted by Gasteiger charge is 2.23. The highest BCUT2D eigenvalue weighted by atomic mass is 19.1. The van der Waals surface area contributed by atoms with Gasteiger partial charge in [0, 0.05) is 31.1 Å². The fourth-order valence-corrected chi connectivity index (χ4v) is 4.62. The number of anilines is 1.